The lowest BCUT2D eigenvalue weighted by atomic mass is 9.95. The van der Waals surface area contributed by atoms with E-state index in [1.54, 1.807) is 0 Å². The van der Waals surface area contributed by atoms with Crippen molar-refractivity contribution in [3.63, 3.8) is 0 Å². The van der Waals surface area contributed by atoms with Gasteiger partial charge >= 0.3 is 0 Å². The first kappa shape index (κ1) is 14.2. The van der Waals surface area contributed by atoms with Crippen LogP contribution >= 0.6 is 11.3 Å². The maximum absolute atomic E-state index is 12.9. The summed E-state index contributed by atoms with van der Waals surface area (Å²) < 4.78 is 12.9. The Hall–Kier alpha value is -1.19. The van der Waals surface area contributed by atoms with Crippen molar-refractivity contribution in [2.24, 2.45) is 11.7 Å². The molecule has 0 aliphatic rings. The minimum absolute atomic E-state index is 0.182. The average Bonchev–Trinajstić information content (AvgIpc) is 2.88. The van der Waals surface area contributed by atoms with E-state index in [0.717, 1.165) is 24.8 Å². The van der Waals surface area contributed by atoms with E-state index < -0.39 is 0 Å². The molecule has 102 valence electrons. The summed E-state index contributed by atoms with van der Waals surface area (Å²) in [5, 5.41) is 0. The Morgan fingerprint density at radius 2 is 1.74 bits per heavy atom. The standard InChI is InChI=1S/C16H20FNS/c1-2-15-7-8-16(19-15)10-13(11-18)9-12-3-5-14(17)6-4-12/h3-8,13H,2,9-11,18H2,1H3. The monoisotopic (exact) mass is 277 g/mol. The third kappa shape index (κ3) is 4.15. The number of hydrogen-bond acceptors (Lipinski definition) is 2. The topological polar surface area (TPSA) is 26.0 Å². The Labute approximate surface area is 118 Å². The highest BCUT2D eigenvalue weighted by Crippen LogP contribution is 2.22. The maximum atomic E-state index is 12.9. The number of aryl methyl sites for hydroxylation is 1. The molecule has 0 bridgehead atoms. The lowest BCUT2D eigenvalue weighted by Gasteiger charge is -2.13. The van der Waals surface area contributed by atoms with Crippen molar-refractivity contribution in [2.75, 3.05) is 6.54 Å². The second-order valence-corrected chi connectivity index (χ2v) is 6.11. The molecule has 1 unspecified atom stereocenters. The summed E-state index contributed by atoms with van der Waals surface area (Å²) in [7, 11) is 0. The van der Waals surface area contributed by atoms with Crippen LogP contribution < -0.4 is 5.73 Å². The number of nitrogens with two attached hydrogens (primary N) is 1. The maximum Gasteiger partial charge on any atom is 0.123 e. The van der Waals surface area contributed by atoms with E-state index in [1.807, 2.05) is 23.5 Å². The number of halogens is 1. The van der Waals surface area contributed by atoms with Gasteiger partial charge in [0.15, 0.2) is 0 Å². The molecule has 0 aliphatic heterocycles. The van der Waals surface area contributed by atoms with Crippen LogP contribution in [0.5, 0.6) is 0 Å². The molecule has 3 heteroatoms. The summed E-state index contributed by atoms with van der Waals surface area (Å²) >= 11 is 1.87. The Balaban J connectivity index is 1.98. The zero-order valence-corrected chi connectivity index (χ0v) is 12.0. The largest absolute Gasteiger partial charge is 0.330 e. The van der Waals surface area contributed by atoms with Gasteiger partial charge in [0.1, 0.15) is 5.82 Å². The van der Waals surface area contributed by atoms with Crippen LogP contribution in [0.25, 0.3) is 0 Å². The molecule has 2 aromatic rings. The Kier molecular flexibility index (Phi) is 5.11. The van der Waals surface area contributed by atoms with E-state index >= 15 is 0 Å². The quantitative estimate of drug-likeness (QED) is 0.853. The second-order valence-electron chi connectivity index (χ2n) is 4.86. The van der Waals surface area contributed by atoms with E-state index in [4.69, 9.17) is 5.73 Å². The fraction of sp³-hybridized carbons (Fsp3) is 0.375. The van der Waals surface area contributed by atoms with E-state index in [1.165, 1.54) is 21.9 Å². The number of benzene rings is 1. The molecule has 0 amide bonds. The molecule has 0 saturated heterocycles. The van der Waals surface area contributed by atoms with Crippen molar-refractivity contribution in [2.45, 2.75) is 26.2 Å². The molecule has 2 rings (SSSR count). The lowest BCUT2D eigenvalue weighted by molar-refractivity contribution is 0.536. The molecule has 1 heterocycles. The van der Waals surface area contributed by atoms with Gasteiger partial charge in [0.05, 0.1) is 0 Å². The highest BCUT2D eigenvalue weighted by atomic mass is 32.1. The van der Waals surface area contributed by atoms with Crippen molar-refractivity contribution in [1.82, 2.24) is 0 Å². The molecule has 0 fully saturated rings. The van der Waals surface area contributed by atoms with Gasteiger partial charge in [-0.05, 0) is 61.6 Å². The Morgan fingerprint density at radius 3 is 2.32 bits per heavy atom. The van der Waals surface area contributed by atoms with Gasteiger partial charge in [-0.2, -0.15) is 0 Å². The van der Waals surface area contributed by atoms with Gasteiger partial charge < -0.3 is 5.73 Å². The van der Waals surface area contributed by atoms with E-state index in [0.29, 0.717) is 12.5 Å². The predicted octanol–water partition coefficient (Wildman–Crippen LogP) is 3.81. The molecule has 2 N–H and O–H groups in total. The third-order valence-corrected chi connectivity index (χ3v) is 4.58. The molecule has 1 aromatic heterocycles. The van der Waals surface area contributed by atoms with Crippen LogP contribution in [0.1, 0.15) is 22.2 Å². The van der Waals surface area contributed by atoms with Crippen LogP contribution in [0, 0.1) is 11.7 Å². The summed E-state index contributed by atoms with van der Waals surface area (Å²) in [4.78, 5) is 2.82. The molecule has 1 nitrogen and oxygen atoms in total. The minimum Gasteiger partial charge on any atom is -0.330 e. The van der Waals surface area contributed by atoms with Gasteiger partial charge in [-0.3, -0.25) is 0 Å². The van der Waals surface area contributed by atoms with Gasteiger partial charge in [-0.25, -0.2) is 4.39 Å². The van der Waals surface area contributed by atoms with Gasteiger partial charge in [0.25, 0.3) is 0 Å². The number of hydrogen-bond donors (Lipinski definition) is 1. The molecule has 1 atom stereocenters. The SMILES string of the molecule is CCc1ccc(CC(CN)Cc2ccc(F)cc2)s1. The zero-order chi connectivity index (χ0) is 13.7. The summed E-state index contributed by atoms with van der Waals surface area (Å²) in [5.74, 6) is 0.243. The summed E-state index contributed by atoms with van der Waals surface area (Å²) in [5.41, 5.74) is 7.02. The number of thiophene rings is 1. The Bertz CT molecular complexity index is 504. The van der Waals surface area contributed by atoms with Gasteiger partial charge in [-0.15, -0.1) is 11.3 Å². The third-order valence-electron chi connectivity index (χ3n) is 3.33. The van der Waals surface area contributed by atoms with Crippen molar-refractivity contribution >= 4 is 11.3 Å². The molecule has 1 aromatic carbocycles. The summed E-state index contributed by atoms with van der Waals surface area (Å²) in [6.45, 7) is 2.84. The normalized spacial score (nSPS) is 12.6. The first-order valence-corrected chi connectivity index (χ1v) is 7.55. The fourth-order valence-electron chi connectivity index (χ4n) is 2.20. The summed E-state index contributed by atoms with van der Waals surface area (Å²) in [6.07, 6.45) is 3.02. The molecule has 0 radical (unpaired) electrons. The van der Waals surface area contributed by atoms with E-state index in [2.05, 4.69) is 19.1 Å². The van der Waals surface area contributed by atoms with E-state index in [-0.39, 0.29) is 5.82 Å². The number of rotatable bonds is 6. The first-order chi connectivity index (χ1) is 9.21. The van der Waals surface area contributed by atoms with Crippen molar-refractivity contribution in [1.29, 1.82) is 0 Å². The molecule has 0 spiro atoms. The van der Waals surface area contributed by atoms with Crippen LogP contribution in [0.4, 0.5) is 4.39 Å². The molecule has 19 heavy (non-hydrogen) atoms. The van der Waals surface area contributed by atoms with E-state index in [9.17, 15) is 4.39 Å². The molecule has 0 aliphatic carbocycles. The Morgan fingerprint density at radius 1 is 1.05 bits per heavy atom. The predicted molar refractivity (Wildman–Crippen MR) is 80.0 cm³/mol. The van der Waals surface area contributed by atoms with Gasteiger partial charge in [-0.1, -0.05) is 19.1 Å². The highest BCUT2D eigenvalue weighted by molar-refractivity contribution is 7.11. The molecule has 0 saturated carbocycles. The zero-order valence-electron chi connectivity index (χ0n) is 11.2. The lowest BCUT2D eigenvalue weighted by Crippen LogP contribution is -2.18. The van der Waals surface area contributed by atoms with Crippen molar-refractivity contribution in [3.05, 3.63) is 57.5 Å². The fourth-order valence-corrected chi connectivity index (χ4v) is 3.27. The minimum atomic E-state index is -0.182. The van der Waals surface area contributed by atoms with Crippen molar-refractivity contribution in [3.8, 4) is 0 Å². The van der Waals surface area contributed by atoms with Crippen LogP contribution in [-0.2, 0) is 19.3 Å². The summed E-state index contributed by atoms with van der Waals surface area (Å²) in [6, 6.07) is 11.1. The average molecular weight is 277 g/mol. The molecular formula is C16H20FNS. The van der Waals surface area contributed by atoms with Gasteiger partial charge in [0.2, 0.25) is 0 Å². The first-order valence-electron chi connectivity index (χ1n) is 6.73. The molecular weight excluding hydrogens is 257 g/mol. The van der Waals surface area contributed by atoms with Gasteiger partial charge in [0, 0.05) is 9.75 Å². The van der Waals surface area contributed by atoms with Crippen LogP contribution in [-0.4, -0.2) is 6.54 Å². The highest BCUT2D eigenvalue weighted by Gasteiger charge is 2.10. The van der Waals surface area contributed by atoms with Crippen LogP contribution in [0.3, 0.4) is 0 Å². The smallest absolute Gasteiger partial charge is 0.123 e. The van der Waals surface area contributed by atoms with Crippen molar-refractivity contribution < 1.29 is 4.39 Å². The second kappa shape index (κ2) is 6.83. The van der Waals surface area contributed by atoms with Crippen LogP contribution in [0.2, 0.25) is 0 Å². The van der Waals surface area contributed by atoms with Crippen LogP contribution in [0.15, 0.2) is 36.4 Å².